The van der Waals surface area contributed by atoms with Crippen LogP contribution in [0.4, 0.5) is 5.69 Å². The van der Waals surface area contributed by atoms with E-state index in [1.165, 1.54) is 0 Å². The molecule has 13 heavy (non-hydrogen) atoms. The normalized spacial score (nSPS) is 19.0. The van der Waals surface area contributed by atoms with Crippen LogP contribution in [0.1, 0.15) is 19.4 Å². The Morgan fingerprint density at radius 1 is 1.46 bits per heavy atom. The lowest BCUT2D eigenvalue weighted by atomic mass is 9.87. The molecule has 0 bridgehead atoms. The summed E-state index contributed by atoms with van der Waals surface area (Å²) in [6.07, 6.45) is 3.49. The van der Waals surface area contributed by atoms with Gasteiger partial charge in [-0.15, -0.1) is 0 Å². The van der Waals surface area contributed by atoms with Crippen LogP contribution in [-0.2, 0) is 10.2 Å². The first kappa shape index (κ1) is 8.23. The van der Waals surface area contributed by atoms with E-state index in [4.69, 9.17) is 0 Å². The molecule has 68 valence electrons. The summed E-state index contributed by atoms with van der Waals surface area (Å²) < 4.78 is 0. The molecule has 0 N–H and O–H groups in total. The number of hydrogen-bond donors (Lipinski definition) is 0. The van der Waals surface area contributed by atoms with E-state index in [2.05, 4.69) is 4.98 Å². The van der Waals surface area contributed by atoms with E-state index < -0.39 is 5.41 Å². The van der Waals surface area contributed by atoms with Crippen LogP contribution in [0.2, 0.25) is 0 Å². The van der Waals surface area contributed by atoms with Gasteiger partial charge in [-0.05, 0) is 19.9 Å². The number of aromatic nitrogens is 1. The minimum absolute atomic E-state index is 0.135. The number of amides is 1. The highest BCUT2D eigenvalue weighted by Gasteiger charge is 2.42. The van der Waals surface area contributed by atoms with Crippen LogP contribution >= 0.6 is 0 Å². The van der Waals surface area contributed by atoms with E-state index in [0.717, 1.165) is 11.3 Å². The Morgan fingerprint density at radius 2 is 2.15 bits per heavy atom. The average Bonchev–Trinajstić information content (AvgIpc) is 2.30. The summed E-state index contributed by atoms with van der Waals surface area (Å²) in [7, 11) is 1.80. The van der Waals surface area contributed by atoms with E-state index in [1.807, 2.05) is 19.9 Å². The predicted octanol–water partition coefficient (Wildman–Crippen LogP) is 1.34. The first-order chi connectivity index (χ1) is 6.05. The second kappa shape index (κ2) is 2.31. The lowest BCUT2D eigenvalue weighted by Crippen LogP contribution is -2.33. The van der Waals surface area contributed by atoms with Crippen LogP contribution in [0.5, 0.6) is 0 Å². The number of nitrogens with zero attached hydrogens (tertiary/aromatic N) is 2. The molecule has 0 saturated carbocycles. The molecule has 1 aliphatic rings. The largest absolute Gasteiger partial charge is 0.314 e. The molecule has 0 fully saturated rings. The quantitative estimate of drug-likeness (QED) is 0.597. The molecule has 0 radical (unpaired) electrons. The number of rotatable bonds is 0. The third kappa shape index (κ3) is 0.899. The minimum Gasteiger partial charge on any atom is -0.314 e. The molecule has 0 saturated heterocycles. The van der Waals surface area contributed by atoms with Crippen molar-refractivity contribution < 1.29 is 4.79 Å². The maximum absolute atomic E-state index is 11.8. The van der Waals surface area contributed by atoms with Crippen molar-refractivity contribution in [2.24, 2.45) is 0 Å². The van der Waals surface area contributed by atoms with Crippen LogP contribution in [-0.4, -0.2) is 17.9 Å². The molecular formula is C10H12N2O. The van der Waals surface area contributed by atoms with Gasteiger partial charge in [0, 0.05) is 25.0 Å². The van der Waals surface area contributed by atoms with Gasteiger partial charge < -0.3 is 4.90 Å². The number of pyridine rings is 1. The van der Waals surface area contributed by atoms with Gasteiger partial charge in [0.2, 0.25) is 5.91 Å². The molecule has 1 aliphatic heterocycles. The fraction of sp³-hybridized carbons (Fsp3) is 0.400. The predicted molar refractivity (Wildman–Crippen MR) is 50.7 cm³/mol. The van der Waals surface area contributed by atoms with Crippen LogP contribution in [0.25, 0.3) is 0 Å². The van der Waals surface area contributed by atoms with Crippen molar-refractivity contribution in [1.82, 2.24) is 4.98 Å². The first-order valence-corrected chi connectivity index (χ1v) is 4.28. The monoisotopic (exact) mass is 176 g/mol. The highest BCUT2D eigenvalue weighted by atomic mass is 16.2. The van der Waals surface area contributed by atoms with Gasteiger partial charge in [0.15, 0.2) is 0 Å². The van der Waals surface area contributed by atoms with E-state index in [0.29, 0.717) is 0 Å². The number of hydrogen-bond acceptors (Lipinski definition) is 2. The maximum Gasteiger partial charge on any atom is 0.236 e. The van der Waals surface area contributed by atoms with Gasteiger partial charge in [0.05, 0.1) is 11.1 Å². The number of fused-ring (bicyclic) bond motifs is 1. The molecule has 1 aromatic rings. The smallest absolute Gasteiger partial charge is 0.236 e. The van der Waals surface area contributed by atoms with Gasteiger partial charge in [0.25, 0.3) is 0 Å². The Bertz CT molecular complexity index is 371. The summed E-state index contributed by atoms with van der Waals surface area (Å²) in [5.74, 6) is 0.135. The second-order valence-electron chi connectivity index (χ2n) is 3.88. The molecule has 1 aromatic heterocycles. The fourth-order valence-electron chi connectivity index (χ4n) is 1.81. The van der Waals surface area contributed by atoms with Crippen LogP contribution in [0, 0.1) is 0 Å². The molecule has 2 rings (SSSR count). The summed E-state index contributed by atoms with van der Waals surface area (Å²) in [6, 6.07) is 1.88. The van der Waals surface area contributed by atoms with Gasteiger partial charge in [-0.2, -0.15) is 0 Å². The Balaban J connectivity index is 2.68. The summed E-state index contributed by atoms with van der Waals surface area (Å²) >= 11 is 0. The molecule has 0 unspecified atom stereocenters. The van der Waals surface area contributed by atoms with E-state index in [1.54, 1.807) is 24.3 Å². The molecule has 0 atom stereocenters. The van der Waals surface area contributed by atoms with Crippen LogP contribution in [0.3, 0.4) is 0 Å². The van der Waals surface area contributed by atoms with Crippen molar-refractivity contribution in [2.45, 2.75) is 19.3 Å². The average molecular weight is 176 g/mol. The Labute approximate surface area is 77.4 Å². The Kier molecular flexibility index (Phi) is 1.46. The zero-order chi connectivity index (χ0) is 9.64. The second-order valence-corrected chi connectivity index (χ2v) is 3.88. The zero-order valence-electron chi connectivity index (χ0n) is 8.03. The third-order valence-electron chi connectivity index (χ3n) is 2.67. The fourth-order valence-corrected chi connectivity index (χ4v) is 1.81. The summed E-state index contributed by atoms with van der Waals surface area (Å²) in [4.78, 5) is 17.5. The van der Waals surface area contributed by atoms with Crippen molar-refractivity contribution in [3.05, 3.63) is 24.0 Å². The van der Waals surface area contributed by atoms with Gasteiger partial charge in [-0.3, -0.25) is 9.78 Å². The van der Waals surface area contributed by atoms with Gasteiger partial charge in [-0.25, -0.2) is 0 Å². The number of carbonyl (C=O) groups excluding carboxylic acids is 1. The van der Waals surface area contributed by atoms with Crippen molar-refractivity contribution in [1.29, 1.82) is 0 Å². The molecule has 2 heterocycles. The van der Waals surface area contributed by atoms with E-state index in [9.17, 15) is 4.79 Å². The number of anilines is 1. The highest BCUT2D eigenvalue weighted by molar-refractivity contribution is 6.06. The third-order valence-corrected chi connectivity index (χ3v) is 2.67. The minimum atomic E-state index is -0.418. The molecule has 3 nitrogen and oxygen atoms in total. The van der Waals surface area contributed by atoms with Crippen molar-refractivity contribution >= 4 is 11.6 Å². The van der Waals surface area contributed by atoms with Gasteiger partial charge in [0.1, 0.15) is 0 Å². The summed E-state index contributed by atoms with van der Waals surface area (Å²) in [6.45, 7) is 3.86. The standard InChI is InChI=1S/C10H12N2O/c1-10(2)7-6-11-5-4-8(7)12(3)9(10)13/h4-6H,1-3H3. The number of carbonyl (C=O) groups is 1. The highest BCUT2D eigenvalue weighted by Crippen LogP contribution is 2.39. The summed E-state index contributed by atoms with van der Waals surface area (Å²) in [5, 5.41) is 0. The van der Waals surface area contributed by atoms with E-state index >= 15 is 0 Å². The van der Waals surface area contributed by atoms with Crippen molar-refractivity contribution in [3.8, 4) is 0 Å². The Morgan fingerprint density at radius 3 is 2.77 bits per heavy atom. The Hall–Kier alpha value is -1.38. The molecule has 0 spiro atoms. The lowest BCUT2D eigenvalue weighted by molar-refractivity contribution is -0.121. The van der Waals surface area contributed by atoms with Crippen LogP contribution < -0.4 is 4.90 Å². The SMILES string of the molecule is CN1C(=O)C(C)(C)c2cnccc21. The van der Waals surface area contributed by atoms with Crippen molar-refractivity contribution in [3.63, 3.8) is 0 Å². The molecule has 3 heteroatoms. The molecule has 0 aliphatic carbocycles. The maximum atomic E-state index is 11.8. The lowest BCUT2D eigenvalue weighted by Gasteiger charge is -2.15. The van der Waals surface area contributed by atoms with E-state index in [-0.39, 0.29) is 5.91 Å². The number of likely N-dealkylation sites (N-methyl/N-ethyl adjacent to an activating group) is 1. The zero-order valence-corrected chi connectivity index (χ0v) is 8.03. The molecule has 1 amide bonds. The molecular weight excluding hydrogens is 164 g/mol. The van der Waals surface area contributed by atoms with Gasteiger partial charge >= 0.3 is 0 Å². The topological polar surface area (TPSA) is 33.2 Å². The first-order valence-electron chi connectivity index (χ1n) is 4.28. The summed E-state index contributed by atoms with van der Waals surface area (Å²) in [5.41, 5.74) is 1.57. The van der Waals surface area contributed by atoms with Gasteiger partial charge in [-0.1, -0.05) is 0 Å². The van der Waals surface area contributed by atoms with Crippen molar-refractivity contribution in [2.75, 3.05) is 11.9 Å². The van der Waals surface area contributed by atoms with Crippen LogP contribution in [0.15, 0.2) is 18.5 Å². The molecule has 0 aromatic carbocycles.